The second kappa shape index (κ2) is 53.2. The van der Waals surface area contributed by atoms with Gasteiger partial charge in [-0.25, -0.2) is 0 Å². The highest BCUT2D eigenvalue weighted by molar-refractivity contribution is 5.70. The molecule has 0 aliphatic heterocycles. The Morgan fingerprint density at radius 3 is 1.03 bits per heavy atom. The van der Waals surface area contributed by atoms with Gasteiger partial charge >= 0.3 is 11.9 Å². The van der Waals surface area contributed by atoms with Crippen LogP contribution in [0.5, 0.6) is 0 Å². The van der Waals surface area contributed by atoms with Crippen LogP contribution >= 0.6 is 0 Å². The molecule has 0 spiro atoms. The second-order valence-corrected chi connectivity index (χ2v) is 17.2. The third-order valence-corrected chi connectivity index (χ3v) is 11.1. The summed E-state index contributed by atoms with van der Waals surface area (Å²) in [5, 5.41) is 9.63. The number of carbonyl (C=O) groups excluding carboxylic acids is 2. The van der Waals surface area contributed by atoms with E-state index in [0.29, 0.717) is 12.8 Å². The minimum absolute atomic E-state index is 0.0742. The van der Waals surface area contributed by atoms with Crippen LogP contribution in [0.2, 0.25) is 0 Å². The van der Waals surface area contributed by atoms with E-state index in [0.717, 1.165) is 96.3 Å². The number of carbonyl (C=O) groups is 2. The Labute approximate surface area is 389 Å². The molecule has 0 saturated heterocycles. The summed E-state index contributed by atoms with van der Waals surface area (Å²) in [6, 6.07) is 0. The van der Waals surface area contributed by atoms with Crippen LogP contribution in [0.15, 0.2) is 97.2 Å². The van der Waals surface area contributed by atoms with Gasteiger partial charge < -0.3 is 14.6 Å². The molecule has 0 aromatic carbocycles. The van der Waals surface area contributed by atoms with Crippen molar-refractivity contribution in [3.8, 4) is 0 Å². The van der Waals surface area contributed by atoms with E-state index < -0.39 is 6.10 Å². The highest BCUT2D eigenvalue weighted by Gasteiger charge is 2.16. The molecule has 0 bridgehead atoms. The lowest BCUT2D eigenvalue weighted by Crippen LogP contribution is -2.28. The maximum absolute atomic E-state index is 12.3. The molecule has 1 unspecified atom stereocenters. The molecule has 0 saturated carbocycles. The van der Waals surface area contributed by atoms with E-state index in [2.05, 4.69) is 111 Å². The average molecular weight is 875 g/mol. The number of aliphatic hydroxyl groups excluding tert-OH is 1. The summed E-state index contributed by atoms with van der Waals surface area (Å²) in [6.07, 6.45) is 75.0. The van der Waals surface area contributed by atoms with Crippen molar-refractivity contribution in [3.05, 3.63) is 97.2 Å². The topological polar surface area (TPSA) is 72.8 Å². The molecule has 63 heavy (non-hydrogen) atoms. The molecular weight excluding hydrogens is 777 g/mol. The molecule has 0 rings (SSSR count). The predicted molar refractivity (Wildman–Crippen MR) is 274 cm³/mol. The number of allylic oxidation sites excluding steroid dienone is 16. The zero-order valence-electron chi connectivity index (χ0n) is 41.1. The van der Waals surface area contributed by atoms with E-state index in [9.17, 15) is 14.7 Å². The first-order valence-corrected chi connectivity index (χ1v) is 26.3. The number of esters is 2. The fraction of sp³-hybridized carbons (Fsp3) is 0.690. The molecule has 0 aromatic rings. The van der Waals surface area contributed by atoms with Gasteiger partial charge in [0.05, 0.1) is 6.61 Å². The fourth-order valence-corrected chi connectivity index (χ4v) is 7.22. The standard InChI is InChI=1S/C58H98O5/c1-3-5-7-9-11-13-15-17-19-21-23-24-25-26-27-28-29-30-31-32-33-34-35-37-39-41-43-45-47-49-51-53-58(61)63-56(54-59)55-62-57(60)52-50-48-46-44-42-40-38-36-22-20-18-16-14-12-10-8-6-4-2/h5,7,11,13,17,19,23-24,26-27,29-30,32-33,35,37,56,59H,3-4,6,8-10,12,14-16,18,20-22,25,28,31,34,36,38-55H2,1-2H3/b7-5-,13-11-,19-17-,24-23-,27-26-,30-29-,33-32-,37-35-. The molecule has 5 heteroatoms. The fourth-order valence-electron chi connectivity index (χ4n) is 7.22. The number of hydrogen-bond donors (Lipinski definition) is 1. The Morgan fingerprint density at radius 1 is 0.381 bits per heavy atom. The Balaban J connectivity index is 3.60. The Bertz CT molecular complexity index is 1220. The minimum Gasteiger partial charge on any atom is -0.462 e. The Morgan fingerprint density at radius 2 is 0.683 bits per heavy atom. The third-order valence-electron chi connectivity index (χ3n) is 11.1. The number of rotatable bonds is 47. The quantitative estimate of drug-likeness (QED) is 0.0375. The van der Waals surface area contributed by atoms with Crippen LogP contribution in [0, 0.1) is 0 Å². The van der Waals surface area contributed by atoms with Gasteiger partial charge in [-0.1, -0.05) is 246 Å². The van der Waals surface area contributed by atoms with Crippen molar-refractivity contribution in [1.82, 2.24) is 0 Å². The van der Waals surface area contributed by atoms with Crippen molar-refractivity contribution in [2.24, 2.45) is 0 Å². The monoisotopic (exact) mass is 875 g/mol. The zero-order chi connectivity index (χ0) is 45.6. The molecule has 5 nitrogen and oxygen atoms in total. The molecule has 1 atom stereocenters. The maximum Gasteiger partial charge on any atom is 0.306 e. The van der Waals surface area contributed by atoms with Gasteiger partial charge in [0.2, 0.25) is 0 Å². The lowest BCUT2D eigenvalue weighted by Gasteiger charge is -2.15. The van der Waals surface area contributed by atoms with Gasteiger partial charge in [0.15, 0.2) is 6.10 Å². The molecule has 1 N–H and O–H groups in total. The summed E-state index contributed by atoms with van der Waals surface area (Å²) >= 11 is 0. The van der Waals surface area contributed by atoms with Gasteiger partial charge in [-0.05, 0) is 77.0 Å². The van der Waals surface area contributed by atoms with E-state index >= 15 is 0 Å². The van der Waals surface area contributed by atoms with E-state index in [-0.39, 0.29) is 25.2 Å². The number of unbranched alkanes of at least 4 members (excludes halogenated alkanes) is 23. The molecule has 0 aromatic heterocycles. The first kappa shape index (κ1) is 59.8. The van der Waals surface area contributed by atoms with Crippen molar-refractivity contribution in [1.29, 1.82) is 0 Å². The molecule has 0 aliphatic carbocycles. The first-order chi connectivity index (χ1) is 31.1. The van der Waals surface area contributed by atoms with Crippen molar-refractivity contribution in [2.45, 2.75) is 245 Å². The van der Waals surface area contributed by atoms with Gasteiger partial charge in [-0.2, -0.15) is 0 Å². The van der Waals surface area contributed by atoms with Crippen LogP contribution in [-0.4, -0.2) is 36.4 Å². The summed E-state index contributed by atoms with van der Waals surface area (Å²) in [5.74, 6) is -0.605. The van der Waals surface area contributed by atoms with Gasteiger partial charge in [0.25, 0.3) is 0 Å². The normalized spacial score (nSPS) is 13.0. The van der Waals surface area contributed by atoms with Crippen molar-refractivity contribution < 1.29 is 24.2 Å². The van der Waals surface area contributed by atoms with E-state index in [1.54, 1.807) is 0 Å². The van der Waals surface area contributed by atoms with Crippen LogP contribution in [0.25, 0.3) is 0 Å². The van der Waals surface area contributed by atoms with E-state index in [4.69, 9.17) is 9.47 Å². The molecule has 0 amide bonds. The van der Waals surface area contributed by atoms with Gasteiger partial charge in [-0.15, -0.1) is 0 Å². The largest absolute Gasteiger partial charge is 0.462 e. The minimum atomic E-state index is -0.784. The summed E-state index contributed by atoms with van der Waals surface area (Å²) < 4.78 is 10.7. The Hall–Kier alpha value is -3.18. The van der Waals surface area contributed by atoms with Crippen LogP contribution in [-0.2, 0) is 19.1 Å². The number of aliphatic hydroxyl groups is 1. The van der Waals surface area contributed by atoms with Crippen molar-refractivity contribution in [3.63, 3.8) is 0 Å². The highest BCUT2D eigenvalue weighted by atomic mass is 16.6. The highest BCUT2D eigenvalue weighted by Crippen LogP contribution is 2.15. The lowest BCUT2D eigenvalue weighted by molar-refractivity contribution is -0.161. The van der Waals surface area contributed by atoms with Crippen molar-refractivity contribution in [2.75, 3.05) is 13.2 Å². The average Bonchev–Trinajstić information content (AvgIpc) is 3.29. The van der Waals surface area contributed by atoms with Crippen LogP contribution in [0.4, 0.5) is 0 Å². The molecule has 0 fully saturated rings. The van der Waals surface area contributed by atoms with Crippen molar-refractivity contribution >= 4 is 11.9 Å². The van der Waals surface area contributed by atoms with E-state index in [1.807, 2.05) is 0 Å². The number of ether oxygens (including phenoxy) is 2. The van der Waals surface area contributed by atoms with Gasteiger partial charge in [0.1, 0.15) is 6.61 Å². The maximum atomic E-state index is 12.3. The SMILES string of the molecule is CC/C=C\C/C=C\C/C=C\C/C=C\C/C=C\C/C=C\C/C=C\C/C=C\CCCCCCCCC(=O)OC(CO)COC(=O)CCCCCCCCCCCCCCCCCCCC. The van der Waals surface area contributed by atoms with Crippen LogP contribution in [0.1, 0.15) is 239 Å². The number of hydrogen-bond acceptors (Lipinski definition) is 5. The first-order valence-electron chi connectivity index (χ1n) is 26.3. The summed E-state index contributed by atoms with van der Waals surface area (Å²) in [4.78, 5) is 24.5. The molecule has 0 heterocycles. The molecule has 0 aliphatic rings. The zero-order valence-corrected chi connectivity index (χ0v) is 41.1. The van der Waals surface area contributed by atoms with Gasteiger partial charge in [-0.3, -0.25) is 9.59 Å². The Kier molecular flexibility index (Phi) is 50.5. The van der Waals surface area contributed by atoms with Crippen LogP contribution < -0.4 is 0 Å². The van der Waals surface area contributed by atoms with Gasteiger partial charge in [0, 0.05) is 12.8 Å². The summed E-state index contributed by atoms with van der Waals surface area (Å²) in [7, 11) is 0. The summed E-state index contributed by atoms with van der Waals surface area (Å²) in [6.45, 7) is 4.03. The lowest BCUT2D eigenvalue weighted by atomic mass is 10.0. The molecular formula is C58H98O5. The van der Waals surface area contributed by atoms with E-state index in [1.165, 1.54) is 116 Å². The smallest absolute Gasteiger partial charge is 0.306 e. The summed E-state index contributed by atoms with van der Waals surface area (Å²) in [5.41, 5.74) is 0. The third kappa shape index (κ3) is 51.3. The van der Waals surface area contributed by atoms with Crippen LogP contribution in [0.3, 0.4) is 0 Å². The molecule has 360 valence electrons. The molecule has 0 radical (unpaired) electrons. The second-order valence-electron chi connectivity index (χ2n) is 17.2. The predicted octanol–water partition coefficient (Wildman–Crippen LogP) is 17.6.